The zero-order chi connectivity index (χ0) is 12.0. The van der Waals surface area contributed by atoms with Crippen molar-refractivity contribution < 1.29 is 4.79 Å². The van der Waals surface area contributed by atoms with Gasteiger partial charge in [-0.15, -0.1) is 0 Å². The van der Waals surface area contributed by atoms with Gasteiger partial charge in [0.25, 0.3) is 0 Å². The summed E-state index contributed by atoms with van der Waals surface area (Å²) in [6.45, 7) is 4.61. The number of rotatable bonds is 5. The van der Waals surface area contributed by atoms with E-state index in [0.29, 0.717) is 0 Å². The molecule has 0 saturated carbocycles. The molecule has 0 aromatic heterocycles. The molecule has 3 nitrogen and oxygen atoms in total. The molecule has 1 atom stereocenters. The fourth-order valence-corrected chi connectivity index (χ4v) is 1.69. The van der Waals surface area contributed by atoms with E-state index in [2.05, 4.69) is 26.6 Å². The Morgan fingerprint density at radius 2 is 2.25 bits per heavy atom. The van der Waals surface area contributed by atoms with Gasteiger partial charge in [0.1, 0.15) is 6.04 Å². The van der Waals surface area contributed by atoms with Crippen molar-refractivity contribution in [3.63, 3.8) is 0 Å². The molecule has 0 aliphatic rings. The molecule has 1 unspecified atom stereocenters. The van der Waals surface area contributed by atoms with Gasteiger partial charge in [0.15, 0.2) is 0 Å². The van der Waals surface area contributed by atoms with Crippen molar-refractivity contribution in [1.29, 1.82) is 0 Å². The molecule has 0 aliphatic heterocycles. The van der Waals surface area contributed by atoms with E-state index >= 15 is 0 Å². The standard InChI is InChI=1S/C12H17BrN2O/c1-3-7-14-12(16)9(2)15-11-6-4-5-10(13)8-11/h4-6,8-9,15H,3,7H2,1-2H3,(H,14,16). The van der Waals surface area contributed by atoms with Gasteiger partial charge in [-0.05, 0) is 31.5 Å². The number of benzene rings is 1. The highest BCUT2D eigenvalue weighted by Crippen LogP contribution is 2.16. The lowest BCUT2D eigenvalue weighted by Gasteiger charge is -2.15. The van der Waals surface area contributed by atoms with Gasteiger partial charge in [0, 0.05) is 16.7 Å². The second-order valence-electron chi connectivity index (χ2n) is 3.67. The zero-order valence-corrected chi connectivity index (χ0v) is 11.2. The third kappa shape index (κ3) is 4.23. The predicted molar refractivity (Wildman–Crippen MR) is 70.5 cm³/mol. The van der Waals surface area contributed by atoms with E-state index in [9.17, 15) is 4.79 Å². The number of halogens is 1. The summed E-state index contributed by atoms with van der Waals surface area (Å²) in [4.78, 5) is 11.6. The molecule has 0 aliphatic carbocycles. The second kappa shape index (κ2) is 6.53. The molecule has 1 amide bonds. The van der Waals surface area contributed by atoms with E-state index in [0.717, 1.165) is 23.1 Å². The summed E-state index contributed by atoms with van der Waals surface area (Å²) in [6.07, 6.45) is 0.954. The van der Waals surface area contributed by atoms with E-state index in [1.54, 1.807) is 0 Å². The van der Waals surface area contributed by atoms with Crippen LogP contribution in [0.2, 0.25) is 0 Å². The summed E-state index contributed by atoms with van der Waals surface area (Å²) in [5.41, 5.74) is 0.938. The van der Waals surface area contributed by atoms with Gasteiger partial charge in [0.2, 0.25) is 5.91 Å². The van der Waals surface area contributed by atoms with Crippen LogP contribution in [0.5, 0.6) is 0 Å². The predicted octanol–water partition coefficient (Wildman–Crippen LogP) is 2.78. The SMILES string of the molecule is CCCNC(=O)C(C)Nc1cccc(Br)c1. The maximum absolute atomic E-state index is 11.6. The van der Waals surface area contributed by atoms with Gasteiger partial charge in [-0.2, -0.15) is 0 Å². The van der Waals surface area contributed by atoms with E-state index in [1.807, 2.05) is 38.1 Å². The Morgan fingerprint density at radius 3 is 2.88 bits per heavy atom. The first-order valence-electron chi connectivity index (χ1n) is 5.43. The lowest BCUT2D eigenvalue weighted by Crippen LogP contribution is -2.37. The fourth-order valence-electron chi connectivity index (χ4n) is 1.30. The van der Waals surface area contributed by atoms with Crippen LogP contribution in [-0.4, -0.2) is 18.5 Å². The first-order chi connectivity index (χ1) is 7.63. The molecule has 0 spiro atoms. The third-order valence-corrected chi connectivity index (χ3v) is 2.64. The lowest BCUT2D eigenvalue weighted by atomic mass is 10.2. The molecule has 1 aromatic carbocycles. The average molecular weight is 285 g/mol. The molecule has 16 heavy (non-hydrogen) atoms. The Kier molecular flexibility index (Phi) is 5.32. The monoisotopic (exact) mass is 284 g/mol. The smallest absolute Gasteiger partial charge is 0.242 e. The van der Waals surface area contributed by atoms with Crippen LogP contribution in [0.15, 0.2) is 28.7 Å². The summed E-state index contributed by atoms with van der Waals surface area (Å²) >= 11 is 3.39. The highest BCUT2D eigenvalue weighted by molar-refractivity contribution is 9.10. The van der Waals surface area contributed by atoms with Crippen molar-refractivity contribution in [3.05, 3.63) is 28.7 Å². The molecule has 88 valence electrons. The van der Waals surface area contributed by atoms with Crippen LogP contribution in [0.25, 0.3) is 0 Å². The Labute approximate surface area is 105 Å². The molecule has 1 rings (SSSR count). The molecule has 0 heterocycles. The Bertz CT molecular complexity index is 355. The number of carbonyl (C=O) groups is 1. The van der Waals surface area contributed by atoms with Crippen LogP contribution < -0.4 is 10.6 Å². The number of hydrogen-bond donors (Lipinski definition) is 2. The third-order valence-electron chi connectivity index (χ3n) is 2.15. The van der Waals surface area contributed by atoms with Crippen LogP contribution in [-0.2, 0) is 4.79 Å². The van der Waals surface area contributed by atoms with Crippen molar-refractivity contribution >= 4 is 27.5 Å². The average Bonchev–Trinajstić information content (AvgIpc) is 2.25. The number of nitrogens with one attached hydrogen (secondary N) is 2. The molecule has 4 heteroatoms. The minimum Gasteiger partial charge on any atom is -0.374 e. The van der Waals surface area contributed by atoms with Crippen LogP contribution in [0.1, 0.15) is 20.3 Å². The van der Waals surface area contributed by atoms with Crippen molar-refractivity contribution in [1.82, 2.24) is 5.32 Å². The summed E-state index contributed by atoms with van der Waals surface area (Å²) < 4.78 is 0.999. The topological polar surface area (TPSA) is 41.1 Å². The lowest BCUT2D eigenvalue weighted by molar-refractivity contribution is -0.121. The molecule has 0 saturated heterocycles. The zero-order valence-electron chi connectivity index (χ0n) is 9.59. The quantitative estimate of drug-likeness (QED) is 0.873. The van der Waals surface area contributed by atoms with Gasteiger partial charge in [0.05, 0.1) is 0 Å². The molecule has 0 fully saturated rings. The van der Waals surface area contributed by atoms with Crippen LogP contribution in [0.4, 0.5) is 5.69 Å². The van der Waals surface area contributed by atoms with E-state index in [1.165, 1.54) is 0 Å². The molecule has 0 radical (unpaired) electrons. The highest BCUT2D eigenvalue weighted by atomic mass is 79.9. The minimum atomic E-state index is -0.221. The van der Waals surface area contributed by atoms with E-state index in [-0.39, 0.29) is 11.9 Å². The van der Waals surface area contributed by atoms with Gasteiger partial charge in [-0.25, -0.2) is 0 Å². The van der Waals surface area contributed by atoms with Crippen molar-refractivity contribution in [2.45, 2.75) is 26.3 Å². The molecule has 2 N–H and O–H groups in total. The summed E-state index contributed by atoms with van der Waals surface area (Å²) in [5.74, 6) is 0.0295. The van der Waals surface area contributed by atoms with Crippen molar-refractivity contribution in [2.75, 3.05) is 11.9 Å². The summed E-state index contributed by atoms with van der Waals surface area (Å²) in [7, 11) is 0. The number of hydrogen-bond acceptors (Lipinski definition) is 2. The Balaban J connectivity index is 2.50. The second-order valence-corrected chi connectivity index (χ2v) is 4.58. The van der Waals surface area contributed by atoms with E-state index < -0.39 is 0 Å². The Hall–Kier alpha value is -1.03. The maximum atomic E-state index is 11.6. The molecular weight excluding hydrogens is 268 g/mol. The number of carbonyl (C=O) groups excluding carboxylic acids is 1. The molecule has 0 bridgehead atoms. The maximum Gasteiger partial charge on any atom is 0.242 e. The highest BCUT2D eigenvalue weighted by Gasteiger charge is 2.11. The first kappa shape index (κ1) is 13.0. The fraction of sp³-hybridized carbons (Fsp3) is 0.417. The minimum absolute atomic E-state index is 0.0295. The Morgan fingerprint density at radius 1 is 1.50 bits per heavy atom. The van der Waals surface area contributed by atoms with Crippen LogP contribution in [0.3, 0.4) is 0 Å². The van der Waals surface area contributed by atoms with Crippen molar-refractivity contribution in [3.8, 4) is 0 Å². The number of anilines is 1. The van der Waals surface area contributed by atoms with Crippen LogP contribution >= 0.6 is 15.9 Å². The normalized spacial score (nSPS) is 11.9. The van der Waals surface area contributed by atoms with Crippen molar-refractivity contribution in [2.24, 2.45) is 0 Å². The van der Waals surface area contributed by atoms with Gasteiger partial charge in [-0.3, -0.25) is 4.79 Å². The van der Waals surface area contributed by atoms with Gasteiger partial charge < -0.3 is 10.6 Å². The first-order valence-corrected chi connectivity index (χ1v) is 6.22. The summed E-state index contributed by atoms with van der Waals surface area (Å²) in [5, 5.41) is 6.00. The van der Waals surface area contributed by atoms with Crippen LogP contribution in [0, 0.1) is 0 Å². The van der Waals surface area contributed by atoms with E-state index in [4.69, 9.17) is 0 Å². The molecular formula is C12H17BrN2O. The van der Waals surface area contributed by atoms with Gasteiger partial charge in [-0.1, -0.05) is 28.9 Å². The number of amides is 1. The van der Waals surface area contributed by atoms with Gasteiger partial charge >= 0.3 is 0 Å². The molecule has 1 aromatic rings. The largest absolute Gasteiger partial charge is 0.374 e. The summed E-state index contributed by atoms with van der Waals surface area (Å²) in [6, 6.07) is 7.55.